The van der Waals surface area contributed by atoms with E-state index in [2.05, 4.69) is 0 Å². The molecule has 0 aromatic rings. The summed E-state index contributed by atoms with van der Waals surface area (Å²) >= 11 is -8.11. The van der Waals surface area contributed by atoms with Crippen molar-refractivity contribution in [2.75, 3.05) is 0 Å². The Balaban J connectivity index is 6.50. The summed E-state index contributed by atoms with van der Waals surface area (Å²) in [6, 6.07) is 0. The standard InChI is InChI=1S/Ir.6NO/c;6*1-2/q+6;6*-1. The van der Waals surface area contributed by atoms with Crippen LogP contribution in [0.4, 0.5) is 0 Å². The molecular formula is IrN6O6. The van der Waals surface area contributed by atoms with E-state index in [9.17, 15) is 29.4 Å². The monoisotopic (exact) mass is 373 g/mol. The molecule has 0 spiro atoms. The molecule has 0 aromatic heterocycles. The zero-order valence-electron chi connectivity index (χ0n) is 5.47. The zero-order valence-corrected chi connectivity index (χ0v) is 7.86. The van der Waals surface area contributed by atoms with Gasteiger partial charge in [-0.1, -0.05) is 0 Å². The van der Waals surface area contributed by atoms with Gasteiger partial charge in [0.2, 0.25) is 0 Å². The second kappa shape index (κ2) is 2.37. The van der Waals surface area contributed by atoms with Crippen molar-refractivity contribution < 1.29 is 14.3 Å². The van der Waals surface area contributed by atoms with Gasteiger partial charge in [0.15, 0.2) is 0 Å². The molecule has 0 radical (unpaired) electrons. The number of nitrogens with zero attached hydrogens (tertiary/aromatic N) is 6. The van der Waals surface area contributed by atoms with E-state index < -0.39 is 14.3 Å². The van der Waals surface area contributed by atoms with Crippen molar-refractivity contribution in [2.45, 2.75) is 0 Å². The van der Waals surface area contributed by atoms with Crippen LogP contribution in [0.3, 0.4) is 0 Å². The number of hydrogen-bond donors (Lipinski definition) is 0. The quantitative estimate of drug-likeness (QED) is 0.634. The minimum absolute atomic E-state index is 1.42. The minimum atomic E-state index is -8.11. The topological polar surface area (TPSA) is 177 Å². The van der Waals surface area contributed by atoms with E-state index >= 15 is 0 Å². The average Bonchev–Trinajstić information content (AvgIpc) is 2.26. The summed E-state index contributed by atoms with van der Waals surface area (Å²) in [5, 5.41) is 0. The van der Waals surface area contributed by atoms with E-state index in [1.165, 1.54) is 23.1 Å². The van der Waals surface area contributed by atoms with Crippen LogP contribution in [0.1, 0.15) is 0 Å². The first-order valence-corrected chi connectivity index (χ1v) is 8.42. The molecular weight excluding hydrogens is 372 g/mol. The van der Waals surface area contributed by atoms with Gasteiger partial charge in [0.25, 0.3) is 0 Å². The molecule has 0 rings (SSSR count). The molecule has 0 bridgehead atoms. The van der Waals surface area contributed by atoms with Crippen LogP contribution in [-0.4, -0.2) is 0 Å². The first-order chi connectivity index (χ1) is 5.97. The normalized spacial score (nSPS) is 15.7. The van der Waals surface area contributed by atoms with Crippen molar-refractivity contribution in [3.63, 3.8) is 0 Å². The second-order valence-electron chi connectivity index (χ2n) is 1.37. The molecule has 0 unspecified atom stereocenters. The van der Waals surface area contributed by atoms with Gasteiger partial charge in [-0.2, -0.15) is 0 Å². The Labute approximate surface area is 67.5 Å². The Morgan fingerprint density at radius 3 is 0.615 bits per heavy atom. The molecule has 0 N–H and O–H groups in total. The van der Waals surface area contributed by atoms with Crippen LogP contribution in [0.25, 0.3) is 0 Å². The van der Waals surface area contributed by atoms with Gasteiger partial charge >= 0.3 is 66.9 Å². The van der Waals surface area contributed by atoms with E-state index in [1.54, 1.807) is 0 Å². The fourth-order valence-corrected chi connectivity index (χ4v) is 1.36. The van der Waals surface area contributed by atoms with Gasteiger partial charge in [-0.15, -0.1) is 0 Å². The molecule has 0 fully saturated rings. The van der Waals surface area contributed by atoms with Crippen molar-refractivity contribution in [1.82, 2.24) is 0 Å². The van der Waals surface area contributed by atoms with Gasteiger partial charge in [-0.25, -0.2) is 0 Å². The van der Waals surface area contributed by atoms with Crippen molar-refractivity contribution >= 4 is 0 Å². The third kappa shape index (κ3) is 0.874. The Morgan fingerprint density at radius 2 is 0.615 bits per heavy atom. The van der Waals surface area contributed by atoms with Gasteiger partial charge in [-0.05, 0) is 0 Å². The van der Waals surface area contributed by atoms with E-state index in [4.69, 9.17) is 0 Å². The Morgan fingerprint density at radius 1 is 0.462 bits per heavy atom. The van der Waals surface area contributed by atoms with Gasteiger partial charge in [0, 0.05) is 0 Å². The van der Waals surface area contributed by atoms with E-state index in [-0.39, 0.29) is 0 Å². The second-order valence-corrected chi connectivity index (χ2v) is 11.2. The van der Waals surface area contributed by atoms with Gasteiger partial charge in [-0.3, -0.25) is 0 Å². The SMILES string of the molecule is O=[N][Ir]([N]=O)([N]=O)([N]=O)([N]=O)[N]=O. The van der Waals surface area contributed by atoms with E-state index in [0.29, 0.717) is 0 Å². The summed E-state index contributed by atoms with van der Waals surface area (Å²) in [5.74, 6) is 0. The summed E-state index contributed by atoms with van der Waals surface area (Å²) in [5.41, 5.74) is 0. The maximum atomic E-state index is 9.99. The summed E-state index contributed by atoms with van der Waals surface area (Å²) in [7, 11) is 0. The fraction of sp³-hybridized carbons (Fsp3) is 0. The Kier molecular flexibility index (Phi) is 2.05. The van der Waals surface area contributed by atoms with Crippen molar-refractivity contribution in [2.24, 2.45) is 23.1 Å². The van der Waals surface area contributed by atoms with Crippen molar-refractivity contribution in [1.29, 1.82) is 0 Å². The van der Waals surface area contributed by atoms with Crippen LogP contribution in [0, 0.1) is 29.4 Å². The summed E-state index contributed by atoms with van der Waals surface area (Å²) < 4.78 is 8.50. The maximum absolute atomic E-state index is 9.99. The number of hydrogen-bond acceptors (Lipinski definition) is 12. The van der Waals surface area contributed by atoms with E-state index in [1.807, 2.05) is 0 Å². The first kappa shape index (κ1) is 11.2. The Hall–Kier alpha value is -1.75. The van der Waals surface area contributed by atoms with Crippen LogP contribution in [-0.2, 0) is 14.3 Å². The van der Waals surface area contributed by atoms with Gasteiger partial charge in [0.1, 0.15) is 0 Å². The molecule has 0 aliphatic carbocycles. The predicted octanol–water partition coefficient (Wildman–Crippen LogP) is 1.30. The third-order valence-corrected chi connectivity index (χ3v) is 6.68. The molecule has 0 heterocycles. The molecule has 0 saturated carbocycles. The molecule has 0 aliphatic rings. The van der Waals surface area contributed by atoms with E-state index in [0.717, 1.165) is 0 Å². The summed E-state index contributed by atoms with van der Waals surface area (Å²) in [4.78, 5) is 59.9. The molecule has 13 heteroatoms. The molecule has 75 valence electrons. The van der Waals surface area contributed by atoms with Crippen molar-refractivity contribution in [3.05, 3.63) is 29.4 Å². The molecule has 0 aliphatic heterocycles. The molecule has 13 heavy (non-hydrogen) atoms. The van der Waals surface area contributed by atoms with Crippen molar-refractivity contribution in [3.8, 4) is 0 Å². The van der Waals surface area contributed by atoms with Crippen LogP contribution in [0.15, 0.2) is 23.1 Å². The van der Waals surface area contributed by atoms with Crippen LogP contribution in [0.2, 0.25) is 0 Å². The predicted molar refractivity (Wildman–Crippen MR) is 34.8 cm³/mol. The summed E-state index contributed by atoms with van der Waals surface area (Å²) in [6.07, 6.45) is 0. The zero-order chi connectivity index (χ0) is 10.7. The third-order valence-electron chi connectivity index (χ3n) is 0.816. The first-order valence-electron chi connectivity index (χ1n) is 1.99. The number of rotatable bonds is 6. The fourth-order valence-electron chi connectivity index (χ4n) is 0.167. The number of nitroso groups, excluding NO2 is 6. The average molecular weight is 372 g/mol. The van der Waals surface area contributed by atoms with Crippen LogP contribution in [0.5, 0.6) is 0 Å². The van der Waals surface area contributed by atoms with Gasteiger partial charge < -0.3 is 0 Å². The molecule has 0 amide bonds. The molecule has 0 aromatic carbocycles. The summed E-state index contributed by atoms with van der Waals surface area (Å²) in [6.45, 7) is 0. The Bertz CT molecular complexity index is 233. The molecule has 12 nitrogen and oxygen atoms in total. The van der Waals surface area contributed by atoms with Crippen LogP contribution >= 0.6 is 0 Å². The van der Waals surface area contributed by atoms with Crippen LogP contribution < -0.4 is 0 Å². The molecule has 0 atom stereocenters. The van der Waals surface area contributed by atoms with Gasteiger partial charge in [0.05, 0.1) is 0 Å². The molecule has 0 saturated heterocycles.